The number of aliphatic hydroxyl groups is 3. The third-order valence-corrected chi connectivity index (χ3v) is 15.7. The van der Waals surface area contributed by atoms with Crippen molar-refractivity contribution in [2.75, 3.05) is 25.6 Å². The van der Waals surface area contributed by atoms with Gasteiger partial charge in [0.1, 0.15) is 48.3 Å². The van der Waals surface area contributed by atoms with Crippen molar-refractivity contribution in [3.63, 3.8) is 0 Å². The van der Waals surface area contributed by atoms with Crippen molar-refractivity contribution in [1.29, 1.82) is 0 Å². The second kappa shape index (κ2) is 27.5. The first-order chi connectivity index (χ1) is 40.2. The molecule has 446 valence electrons. The van der Waals surface area contributed by atoms with Gasteiger partial charge in [0, 0.05) is 79.1 Å². The van der Waals surface area contributed by atoms with Gasteiger partial charge in [-0.15, -0.1) is 0 Å². The Hall–Kier alpha value is -8.15. The summed E-state index contributed by atoms with van der Waals surface area (Å²) in [6, 6.07) is 18.9. The Morgan fingerprint density at radius 3 is 2.24 bits per heavy atom. The highest BCUT2D eigenvalue weighted by molar-refractivity contribution is 6.31. The number of amides is 4. The van der Waals surface area contributed by atoms with Gasteiger partial charge in [0.25, 0.3) is 11.8 Å². The van der Waals surface area contributed by atoms with Crippen LogP contribution >= 0.6 is 0 Å². The minimum Gasteiger partial charge on any atom is -0.507 e. The van der Waals surface area contributed by atoms with Crippen molar-refractivity contribution in [3.8, 4) is 17.2 Å². The summed E-state index contributed by atoms with van der Waals surface area (Å²) in [4.78, 5) is 120. The fourth-order valence-electron chi connectivity index (χ4n) is 11.1. The number of anilines is 1. The van der Waals surface area contributed by atoms with E-state index in [4.69, 9.17) is 23.7 Å². The molecule has 0 radical (unpaired) electrons. The lowest BCUT2D eigenvalue weighted by Gasteiger charge is -2.42. The van der Waals surface area contributed by atoms with Gasteiger partial charge in [0.05, 0.1) is 42.0 Å². The number of phenols is 2. The Bertz CT molecular complexity index is 3180. The minimum absolute atomic E-state index is 0.0235. The molecule has 0 saturated carbocycles. The van der Waals surface area contributed by atoms with Gasteiger partial charge in [-0.2, -0.15) is 0 Å². The van der Waals surface area contributed by atoms with Crippen molar-refractivity contribution in [3.05, 3.63) is 129 Å². The number of benzene rings is 4. The highest BCUT2D eigenvalue weighted by Gasteiger charge is 2.51. The third kappa shape index (κ3) is 14.1. The Balaban J connectivity index is 0.880. The van der Waals surface area contributed by atoms with Crippen LogP contribution in [0.3, 0.4) is 0 Å². The van der Waals surface area contributed by atoms with E-state index in [9.17, 15) is 68.7 Å². The number of aliphatic hydroxyl groups excluding tert-OH is 2. The Labute approximate surface area is 484 Å². The number of fused-ring (bicyclic) bond motifs is 3. The quantitative estimate of drug-likeness (QED) is 0.0151. The topological polar surface area (TPSA) is 328 Å². The average Bonchev–Trinajstić information content (AvgIpc) is 3.56. The number of nitrogens with one attached hydrogen (secondary N) is 2. The number of Topliss-reactive ketones (excluding diaryl/α,β-unsaturated/α-hetero) is 2. The molecule has 2 aliphatic carbocycles. The molecule has 4 aromatic carbocycles. The first kappa shape index (κ1) is 61.9. The number of unbranched alkanes of at least 4 members (excludes halogenated alkanes) is 4. The molecule has 22 nitrogen and oxygen atoms in total. The zero-order valence-corrected chi connectivity index (χ0v) is 46.8. The first-order valence-corrected chi connectivity index (χ1v) is 28.1. The number of carbonyl (C=O) groups is 9. The highest BCUT2D eigenvalue weighted by Crippen LogP contribution is 2.52. The van der Waals surface area contributed by atoms with Crippen LogP contribution in [-0.2, 0) is 67.2 Å². The van der Waals surface area contributed by atoms with Crippen LogP contribution in [0.2, 0.25) is 0 Å². The monoisotopic (exact) mass is 1160 g/mol. The molecule has 7 N–H and O–H groups in total. The molecule has 2 aliphatic heterocycles. The number of aromatic hydroxyl groups is 2. The van der Waals surface area contributed by atoms with E-state index < -0.39 is 120 Å². The van der Waals surface area contributed by atoms with Gasteiger partial charge < -0.3 is 59.9 Å². The van der Waals surface area contributed by atoms with Crippen LogP contribution in [0.4, 0.5) is 10.5 Å². The number of nitrogens with zero attached hydrogens (tertiary/aromatic N) is 1. The number of hydrogen-bond donors (Lipinski definition) is 7. The fraction of sp³-hybridized carbons (Fsp3) is 0.435. The standard InChI is InChI=1S/C62H69N3O19/c1-4-5-8-16-37(28-42(67)41(27-35-14-9-6-10-15-35)64-47(69)19-11-7-12-26-65-48(70)24-25-49(65)71)60(77)63-38-22-20-36(21-23-38)33-81-61(78)84-44-29-50(82-34(2)55(44)72)83-45-31-62(79,46(68)32-66)30-40-52(45)59(76)54-53(57(40)74)56(73)39-17-13-18-43(80-3)51(39)58(54)75/h6,9-10,13-15,17-18,20-25,34,37,41,44-45,50,55,66,72,74,76,79H,4-5,7-8,11-12,16,19,26-33H2,1-3H3,(H,63,77)(H,64,69)/t34-,37+,41-,44?,45?,50-,55+,62-/m0/s1. The molecule has 1 fully saturated rings. The molecular formula is C62H69N3O19. The van der Waals surface area contributed by atoms with E-state index in [1.807, 2.05) is 37.3 Å². The van der Waals surface area contributed by atoms with Gasteiger partial charge in [-0.25, -0.2) is 4.79 Å². The van der Waals surface area contributed by atoms with Crippen molar-refractivity contribution in [1.82, 2.24) is 10.2 Å². The van der Waals surface area contributed by atoms with Gasteiger partial charge in [0.15, 0.2) is 23.6 Å². The van der Waals surface area contributed by atoms with Crippen molar-refractivity contribution in [2.45, 2.75) is 146 Å². The lowest BCUT2D eigenvalue weighted by atomic mass is 9.72. The molecule has 0 bridgehead atoms. The second-order valence-corrected chi connectivity index (χ2v) is 21.5. The molecule has 4 amide bonds. The van der Waals surface area contributed by atoms with E-state index in [0.717, 1.165) is 23.3 Å². The van der Waals surface area contributed by atoms with E-state index in [0.29, 0.717) is 43.4 Å². The summed E-state index contributed by atoms with van der Waals surface area (Å²) in [5.41, 5.74) is -2.75. The molecule has 1 saturated heterocycles. The number of phenolic OH excluding ortho intramolecular Hbond substituents is 2. The zero-order valence-electron chi connectivity index (χ0n) is 46.8. The Morgan fingerprint density at radius 2 is 1.55 bits per heavy atom. The number of ketones is 4. The van der Waals surface area contributed by atoms with Gasteiger partial charge >= 0.3 is 6.16 Å². The van der Waals surface area contributed by atoms with Crippen LogP contribution in [0.1, 0.15) is 145 Å². The number of ether oxygens (including phenoxy) is 5. The molecular weight excluding hydrogens is 1090 g/mol. The van der Waals surface area contributed by atoms with Crippen LogP contribution in [-0.4, -0.2) is 140 Å². The molecule has 8 atom stereocenters. The average molecular weight is 1160 g/mol. The molecule has 2 heterocycles. The third-order valence-electron chi connectivity index (χ3n) is 15.7. The summed E-state index contributed by atoms with van der Waals surface area (Å²) in [7, 11) is 1.29. The van der Waals surface area contributed by atoms with E-state index in [1.165, 1.54) is 44.4 Å². The first-order valence-electron chi connectivity index (χ1n) is 28.1. The summed E-state index contributed by atoms with van der Waals surface area (Å²) in [6.07, 6.45) is -2.77. The Morgan fingerprint density at radius 1 is 0.833 bits per heavy atom. The predicted octanol–water partition coefficient (Wildman–Crippen LogP) is 5.70. The van der Waals surface area contributed by atoms with E-state index >= 15 is 0 Å². The summed E-state index contributed by atoms with van der Waals surface area (Å²) in [5, 5.41) is 62.1. The molecule has 22 heteroatoms. The van der Waals surface area contributed by atoms with E-state index in [-0.39, 0.29) is 90.3 Å². The van der Waals surface area contributed by atoms with E-state index in [2.05, 4.69) is 10.6 Å². The summed E-state index contributed by atoms with van der Waals surface area (Å²) in [6.45, 7) is 2.27. The van der Waals surface area contributed by atoms with Crippen molar-refractivity contribution >= 4 is 58.6 Å². The molecule has 4 aromatic rings. The van der Waals surface area contributed by atoms with Crippen LogP contribution in [0.25, 0.3) is 0 Å². The molecule has 84 heavy (non-hydrogen) atoms. The number of methoxy groups -OCH3 is 1. The maximum atomic E-state index is 14.1. The van der Waals surface area contributed by atoms with Crippen LogP contribution in [0, 0.1) is 5.92 Å². The molecule has 8 rings (SSSR count). The van der Waals surface area contributed by atoms with Gasteiger partial charge in [-0.1, -0.05) is 87.2 Å². The molecule has 2 unspecified atom stereocenters. The SMILES string of the molecule is CCCCC[C@H](CC(=O)[C@H](Cc1ccccc1)NC(=O)CCCCCN1C(=O)C=CC1=O)C(=O)Nc1ccc(COC(=O)OC2C[C@H](OC3C[C@](O)(C(=O)CO)Cc4c(O)c5c(c(O)c43)C(=O)c3c(OC)cccc3C5=O)O[C@@H](C)[C@H]2O)cc1. The highest BCUT2D eigenvalue weighted by atomic mass is 16.7. The molecule has 0 spiro atoms. The molecule has 4 aliphatic rings. The van der Waals surface area contributed by atoms with Crippen LogP contribution in [0.5, 0.6) is 17.2 Å². The number of rotatable bonds is 26. The van der Waals surface area contributed by atoms with Gasteiger partial charge in [0.2, 0.25) is 17.6 Å². The largest absolute Gasteiger partial charge is 0.508 e. The number of carbonyl (C=O) groups excluding carboxylic acids is 9. The van der Waals surface area contributed by atoms with Gasteiger partial charge in [-0.05, 0) is 61.9 Å². The zero-order chi connectivity index (χ0) is 60.4. The fourth-order valence-corrected chi connectivity index (χ4v) is 11.1. The van der Waals surface area contributed by atoms with Crippen LogP contribution in [0.15, 0.2) is 84.9 Å². The van der Waals surface area contributed by atoms with Crippen molar-refractivity contribution < 1.29 is 92.4 Å². The summed E-state index contributed by atoms with van der Waals surface area (Å²) >= 11 is 0. The minimum atomic E-state index is -2.42. The number of imide groups is 1. The lowest BCUT2D eigenvalue weighted by Crippen LogP contribution is -2.51. The molecule has 0 aromatic heterocycles. The van der Waals surface area contributed by atoms with E-state index in [1.54, 1.807) is 24.3 Å². The smallest absolute Gasteiger partial charge is 0.507 e. The summed E-state index contributed by atoms with van der Waals surface area (Å²) in [5.74, 6) is -6.87. The normalized spacial score (nSPS) is 21.4. The van der Waals surface area contributed by atoms with Crippen molar-refractivity contribution in [2.24, 2.45) is 5.92 Å². The predicted molar refractivity (Wildman–Crippen MR) is 298 cm³/mol. The maximum Gasteiger partial charge on any atom is 0.508 e. The Kier molecular flexibility index (Phi) is 20.3. The second-order valence-electron chi connectivity index (χ2n) is 21.5. The maximum absolute atomic E-state index is 14.1. The number of hydrogen-bond acceptors (Lipinski definition) is 19. The lowest BCUT2D eigenvalue weighted by molar-refractivity contribution is -0.267. The van der Waals surface area contributed by atoms with Crippen LogP contribution < -0.4 is 15.4 Å². The summed E-state index contributed by atoms with van der Waals surface area (Å²) < 4.78 is 28.5. The van der Waals surface area contributed by atoms with Gasteiger partial charge in [-0.3, -0.25) is 43.3 Å².